The van der Waals surface area contributed by atoms with Crippen molar-refractivity contribution in [3.8, 4) is 0 Å². The molecule has 1 saturated heterocycles. The SMILES string of the molecule is COC(C)C(=O)N(c1ccccc1F)C1CCN(CCc2ccccc2)C[C@H]1C. The maximum atomic E-state index is 14.6. The number of rotatable bonds is 7. The summed E-state index contributed by atoms with van der Waals surface area (Å²) in [4.78, 5) is 17.2. The minimum Gasteiger partial charge on any atom is -0.372 e. The minimum atomic E-state index is -0.613. The van der Waals surface area contributed by atoms with Gasteiger partial charge in [-0.3, -0.25) is 4.79 Å². The van der Waals surface area contributed by atoms with Crippen LogP contribution in [-0.2, 0) is 16.0 Å². The van der Waals surface area contributed by atoms with Gasteiger partial charge >= 0.3 is 0 Å². The summed E-state index contributed by atoms with van der Waals surface area (Å²) in [7, 11) is 1.51. The molecule has 3 rings (SSSR count). The topological polar surface area (TPSA) is 32.8 Å². The van der Waals surface area contributed by atoms with Gasteiger partial charge in [0, 0.05) is 32.8 Å². The van der Waals surface area contributed by atoms with E-state index in [-0.39, 0.29) is 23.7 Å². The summed E-state index contributed by atoms with van der Waals surface area (Å²) in [6.07, 6.45) is 1.21. The fraction of sp³-hybridized carbons (Fsp3) is 0.458. The Morgan fingerprint density at radius 2 is 1.90 bits per heavy atom. The molecule has 2 aromatic carbocycles. The summed E-state index contributed by atoms with van der Waals surface area (Å²) in [5, 5.41) is 0. The Bertz CT molecular complexity index is 798. The van der Waals surface area contributed by atoms with Gasteiger partial charge in [-0.25, -0.2) is 4.39 Å². The van der Waals surface area contributed by atoms with Gasteiger partial charge in [0.1, 0.15) is 11.9 Å². The molecule has 1 aliphatic rings. The predicted octanol–water partition coefficient (Wildman–Crippen LogP) is 4.15. The quantitative estimate of drug-likeness (QED) is 0.703. The van der Waals surface area contributed by atoms with Gasteiger partial charge in [0.05, 0.1) is 5.69 Å². The lowest BCUT2D eigenvalue weighted by atomic mass is 9.91. The Labute approximate surface area is 173 Å². The van der Waals surface area contributed by atoms with E-state index in [1.54, 1.807) is 30.0 Å². The van der Waals surface area contributed by atoms with Crippen molar-refractivity contribution in [3.05, 3.63) is 66.0 Å². The second-order valence-electron chi connectivity index (χ2n) is 7.91. The first-order chi connectivity index (χ1) is 14.0. The highest BCUT2D eigenvalue weighted by Gasteiger charge is 2.36. The molecule has 2 unspecified atom stereocenters. The zero-order valence-electron chi connectivity index (χ0n) is 17.6. The molecule has 0 spiro atoms. The number of carbonyl (C=O) groups is 1. The number of carbonyl (C=O) groups excluding carboxylic acids is 1. The molecule has 5 heteroatoms. The fourth-order valence-corrected chi connectivity index (χ4v) is 4.14. The van der Waals surface area contributed by atoms with Gasteiger partial charge in [-0.2, -0.15) is 0 Å². The first kappa shape index (κ1) is 21.5. The lowest BCUT2D eigenvalue weighted by Crippen LogP contribution is -2.55. The van der Waals surface area contributed by atoms with Crippen LogP contribution in [0.5, 0.6) is 0 Å². The Kier molecular flexibility index (Phi) is 7.40. The molecular weight excluding hydrogens is 367 g/mol. The average Bonchev–Trinajstić information content (AvgIpc) is 2.75. The molecule has 3 atom stereocenters. The van der Waals surface area contributed by atoms with Gasteiger partial charge in [-0.15, -0.1) is 0 Å². The molecule has 0 radical (unpaired) electrons. The highest BCUT2D eigenvalue weighted by molar-refractivity contribution is 5.97. The van der Waals surface area contributed by atoms with Crippen molar-refractivity contribution in [1.29, 1.82) is 0 Å². The summed E-state index contributed by atoms with van der Waals surface area (Å²) in [6.45, 7) is 6.63. The van der Waals surface area contributed by atoms with Crippen LogP contribution in [0.3, 0.4) is 0 Å². The number of amides is 1. The number of benzene rings is 2. The molecule has 0 aromatic heterocycles. The van der Waals surface area contributed by atoms with Crippen LogP contribution in [0.15, 0.2) is 54.6 Å². The zero-order chi connectivity index (χ0) is 20.8. The van der Waals surface area contributed by atoms with Crippen molar-refractivity contribution in [1.82, 2.24) is 4.90 Å². The van der Waals surface area contributed by atoms with E-state index in [0.717, 1.165) is 32.5 Å². The van der Waals surface area contributed by atoms with E-state index in [2.05, 4.69) is 36.1 Å². The van der Waals surface area contributed by atoms with E-state index in [1.165, 1.54) is 18.7 Å². The van der Waals surface area contributed by atoms with Crippen molar-refractivity contribution >= 4 is 11.6 Å². The lowest BCUT2D eigenvalue weighted by Gasteiger charge is -2.43. The van der Waals surface area contributed by atoms with Crippen LogP contribution in [0, 0.1) is 11.7 Å². The summed E-state index contributed by atoms with van der Waals surface area (Å²) < 4.78 is 19.9. The smallest absolute Gasteiger partial charge is 0.256 e. The number of ether oxygens (including phenoxy) is 1. The van der Waals surface area contributed by atoms with E-state index < -0.39 is 6.10 Å². The van der Waals surface area contributed by atoms with E-state index in [1.807, 2.05) is 6.07 Å². The average molecular weight is 399 g/mol. The second-order valence-corrected chi connectivity index (χ2v) is 7.91. The van der Waals surface area contributed by atoms with E-state index in [9.17, 15) is 9.18 Å². The number of anilines is 1. The third kappa shape index (κ3) is 5.22. The Morgan fingerprint density at radius 3 is 2.55 bits per heavy atom. The van der Waals surface area contributed by atoms with Gasteiger partial charge < -0.3 is 14.5 Å². The van der Waals surface area contributed by atoms with Crippen LogP contribution in [0.25, 0.3) is 0 Å². The Morgan fingerprint density at radius 1 is 1.21 bits per heavy atom. The highest BCUT2D eigenvalue weighted by Crippen LogP contribution is 2.30. The number of methoxy groups -OCH3 is 1. The van der Waals surface area contributed by atoms with Gasteiger partial charge in [-0.05, 0) is 43.4 Å². The zero-order valence-corrected chi connectivity index (χ0v) is 17.6. The lowest BCUT2D eigenvalue weighted by molar-refractivity contribution is -0.128. The highest BCUT2D eigenvalue weighted by atomic mass is 19.1. The first-order valence-corrected chi connectivity index (χ1v) is 10.4. The second kappa shape index (κ2) is 9.99. The van der Waals surface area contributed by atoms with Gasteiger partial charge in [0.15, 0.2) is 0 Å². The summed E-state index contributed by atoms with van der Waals surface area (Å²) in [5.74, 6) is -0.331. The predicted molar refractivity (Wildman–Crippen MR) is 115 cm³/mol. The molecular formula is C24H31FN2O2. The number of halogens is 1. The number of hydrogen-bond acceptors (Lipinski definition) is 3. The van der Waals surface area contributed by atoms with Crippen LogP contribution in [-0.4, -0.2) is 49.7 Å². The molecule has 2 aromatic rings. The van der Waals surface area contributed by atoms with Gasteiger partial charge in [0.25, 0.3) is 5.91 Å². The van der Waals surface area contributed by atoms with Crippen LogP contribution < -0.4 is 4.90 Å². The van der Waals surface area contributed by atoms with Gasteiger partial charge in [-0.1, -0.05) is 49.4 Å². The first-order valence-electron chi connectivity index (χ1n) is 10.4. The van der Waals surface area contributed by atoms with Crippen molar-refractivity contribution < 1.29 is 13.9 Å². The summed E-state index contributed by atoms with van der Waals surface area (Å²) in [6, 6.07) is 16.9. The van der Waals surface area contributed by atoms with Crippen molar-refractivity contribution in [2.75, 3.05) is 31.6 Å². The largest absolute Gasteiger partial charge is 0.372 e. The molecule has 1 amide bonds. The maximum absolute atomic E-state index is 14.6. The van der Waals surface area contributed by atoms with Crippen LogP contribution in [0.2, 0.25) is 0 Å². The van der Waals surface area contributed by atoms with E-state index in [4.69, 9.17) is 4.74 Å². The molecule has 0 saturated carbocycles. The van der Waals surface area contributed by atoms with Crippen LogP contribution >= 0.6 is 0 Å². The molecule has 1 fully saturated rings. The molecule has 0 N–H and O–H groups in total. The normalized spacial score (nSPS) is 21.0. The third-order valence-electron chi connectivity index (χ3n) is 5.89. The van der Waals surface area contributed by atoms with Crippen LogP contribution in [0.4, 0.5) is 10.1 Å². The number of piperidine rings is 1. The minimum absolute atomic E-state index is 0.0509. The standard InChI is InChI=1S/C24H31FN2O2/c1-18-17-26(15-13-20-9-5-4-6-10-20)16-14-22(18)27(24(28)19(2)29-3)23-12-8-7-11-21(23)25/h4-12,18-19,22H,13-17H2,1-3H3/t18-,19?,22?/m1/s1. The number of nitrogens with zero attached hydrogens (tertiary/aromatic N) is 2. The Hall–Kier alpha value is -2.24. The van der Waals surface area contributed by atoms with E-state index >= 15 is 0 Å². The summed E-state index contributed by atoms with van der Waals surface area (Å²) in [5.41, 5.74) is 1.68. The molecule has 0 aliphatic carbocycles. The molecule has 4 nitrogen and oxygen atoms in total. The fourth-order valence-electron chi connectivity index (χ4n) is 4.14. The van der Waals surface area contributed by atoms with Gasteiger partial charge in [0.2, 0.25) is 0 Å². The third-order valence-corrected chi connectivity index (χ3v) is 5.89. The monoisotopic (exact) mass is 398 g/mol. The molecule has 0 bridgehead atoms. The number of hydrogen-bond donors (Lipinski definition) is 0. The maximum Gasteiger partial charge on any atom is 0.256 e. The van der Waals surface area contributed by atoms with E-state index in [0.29, 0.717) is 5.69 Å². The molecule has 156 valence electrons. The van der Waals surface area contributed by atoms with Crippen molar-refractivity contribution in [2.24, 2.45) is 5.92 Å². The number of likely N-dealkylation sites (tertiary alicyclic amines) is 1. The molecule has 29 heavy (non-hydrogen) atoms. The molecule has 1 aliphatic heterocycles. The number of para-hydroxylation sites is 1. The van der Waals surface area contributed by atoms with Crippen molar-refractivity contribution in [3.63, 3.8) is 0 Å². The van der Waals surface area contributed by atoms with Crippen LogP contribution in [0.1, 0.15) is 25.8 Å². The molecule has 1 heterocycles. The van der Waals surface area contributed by atoms with Crippen molar-refractivity contribution in [2.45, 2.75) is 38.8 Å². The summed E-state index contributed by atoms with van der Waals surface area (Å²) >= 11 is 0. The Balaban J connectivity index is 1.72.